The van der Waals surface area contributed by atoms with Crippen LogP contribution >= 0.6 is 0 Å². The largest absolute Gasteiger partial charge is 0.606 e. The Balaban J connectivity index is 1.81. The Labute approximate surface area is 335 Å². The molecule has 0 aliphatic carbocycles. The molecule has 0 saturated carbocycles. The molecule has 0 radical (unpaired) electrons. The molecule has 2 aromatic carbocycles. The van der Waals surface area contributed by atoms with Crippen LogP contribution in [0.1, 0.15) is 52.7 Å². The number of rotatable bonds is 16. The lowest BCUT2D eigenvalue weighted by atomic mass is 9.90. The van der Waals surface area contributed by atoms with Crippen molar-refractivity contribution in [3.63, 3.8) is 0 Å². The normalized spacial score (nSPS) is 14.1. The minimum absolute atomic E-state index is 0.197. The quantitative estimate of drug-likeness (QED) is 0.113. The van der Waals surface area contributed by atoms with E-state index in [4.69, 9.17) is 18.3 Å². The van der Waals surface area contributed by atoms with Crippen LogP contribution in [0.3, 0.4) is 0 Å². The zero-order valence-electron chi connectivity index (χ0n) is 34.7. The predicted octanol–water partition coefficient (Wildman–Crippen LogP) is 5.28. The zero-order valence-corrected chi connectivity index (χ0v) is 37.9. The predicted molar refractivity (Wildman–Crippen MR) is 226 cm³/mol. The summed E-state index contributed by atoms with van der Waals surface area (Å²) in [5.74, 6) is 0. The second-order valence-electron chi connectivity index (χ2n) is 16.7. The third-order valence-corrected chi connectivity index (χ3v) is 12.6. The van der Waals surface area contributed by atoms with Gasteiger partial charge in [-0.05, 0) is 75.1 Å². The fourth-order valence-electron chi connectivity index (χ4n) is 6.19. The summed E-state index contributed by atoms with van der Waals surface area (Å²) in [5, 5.41) is 0. The van der Waals surface area contributed by atoms with Crippen LogP contribution in [-0.2, 0) is 43.0 Å². The van der Waals surface area contributed by atoms with Crippen molar-refractivity contribution in [3.8, 4) is 22.5 Å². The van der Waals surface area contributed by atoms with Crippen LogP contribution in [-0.4, -0.2) is 67.2 Å². The molecule has 0 amide bonds. The van der Waals surface area contributed by atoms with Crippen LogP contribution in [0, 0.1) is 24.7 Å². The van der Waals surface area contributed by atoms with Gasteiger partial charge in [0.1, 0.15) is 13.5 Å². The number of ether oxygens (including phenoxy) is 2. The lowest BCUT2D eigenvalue weighted by molar-refractivity contribution is -0.0289. The summed E-state index contributed by atoms with van der Waals surface area (Å²) < 4.78 is 42.3. The fraction of sp³-hybridized carbons (Fsp3) is 0.500. The van der Waals surface area contributed by atoms with Crippen molar-refractivity contribution in [1.82, 2.24) is 19.1 Å². The molecule has 56 heavy (non-hydrogen) atoms. The van der Waals surface area contributed by atoms with E-state index in [-0.39, 0.29) is 72.2 Å². The highest BCUT2D eigenvalue weighted by molar-refractivity contribution is 7.91. The average molecular weight is 827 g/mol. The molecule has 0 saturated heterocycles. The first-order valence-corrected chi connectivity index (χ1v) is 25.6. The molecule has 2 aromatic heterocycles. The van der Waals surface area contributed by atoms with Crippen LogP contribution in [0.25, 0.3) is 22.5 Å². The van der Waals surface area contributed by atoms with E-state index < -0.39 is 51.8 Å². The fourth-order valence-corrected chi connectivity index (χ4v) is 9.85. The van der Waals surface area contributed by atoms with Crippen molar-refractivity contribution < 1.29 is 22.9 Å². The van der Waals surface area contributed by atoms with E-state index in [1.54, 1.807) is 62.4 Å². The van der Waals surface area contributed by atoms with Gasteiger partial charge in [0.2, 0.25) is 0 Å². The number of aromatic amines is 2. The van der Waals surface area contributed by atoms with Gasteiger partial charge in [-0.2, -0.15) is 0 Å². The molecule has 4 aromatic rings. The first kappa shape index (κ1) is 45.1. The number of H-pyrrole nitrogens is 2. The second-order valence-corrected chi connectivity index (χ2v) is 22.8. The first-order chi connectivity index (χ1) is 26.1. The summed E-state index contributed by atoms with van der Waals surface area (Å²) >= 11 is -1.96. The van der Waals surface area contributed by atoms with E-state index in [9.17, 15) is 23.7 Å². The topological polar surface area (TPSA) is 170 Å². The van der Waals surface area contributed by atoms with E-state index in [1.807, 2.05) is 0 Å². The Morgan fingerprint density at radius 1 is 0.643 bits per heavy atom. The first-order valence-electron chi connectivity index (χ1n) is 18.9. The van der Waals surface area contributed by atoms with Gasteiger partial charge in [-0.3, -0.25) is 28.7 Å². The molecular weight excluding hydrogens is 769 g/mol. The van der Waals surface area contributed by atoms with Gasteiger partial charge in [0, 0.05) is 22.3 Å². The maximum atomic E-state index is 14.9. The van der Waals surface area contributed by atoms with Gasteiger partial charge >= 0.3 is 11.4 Å². The maximum Gasteiger partial charge on any atom is 0.330 e. The van der Waals surface area contributed by atoms with E-state index in [0.717, 1.165) is 0 Å². The molecule has 13 nitrogen and oxygen atoms in total. The van der Waals surface area contributed by atoms with E-state index >= 15 is 0 Å². The van der Waals surface area contributed by atoms with E-state index in [1.165, 1.54) is 9.13 Å². The van der Waals surface area contributed by atoms with Crippen molar-refractivity contribution in [3.05, 3.63) is 101 Å². The maximum absolute atomic E-state index is 14.9. The molecule has 2 heterocycles. The van der Waals surface area contributed by atoms with Crippen LogP contribution in [0.15, 0.2) is 77.5 Å². The summed E-state index contributed by atoms with van der Waals surface area (Å²) in [4.78, 5) is 58.5. The lowest BCUT2D eigenvalue weighted by Gasteiger charge is -2.32. The van der Waals surface area contributed by atoms with Crippen LogP contribution in [0.5, 0.6) is 0 Å². The monoisotopic (exact) mass is 826 g/mol. The summed E-state index contributed by atoms with van der Waals surface area (Å²) in [6.07, 6.45) is -0.445. The standard InChI is InChI=1S/C40H58N4O9SSi2/c1-25-33(43(37(47)41-35(25)45)23-50-21-31(39(3,4)5)52-55(9)10)27-17-13-15-19-29(27)54(49)30-20-16-14-18-28(30)34-26(2)36(46)42-38(48)44(34)24-51-22-32(40(6,7)8)53-56(11)12/h13-20,31-32,55-56H,21-24H2,1-12H3,(H,41,45,47)(H,42,46,48). The van der Waals surface area contributed by atoms with Gasteiger partial charge in [0.25, 0.3) is 11.1 Å². The Hall–Kier alpha value is -3.62. The molecule has 0 aliphatic heterocycles. The Bertz CT molecular complexity index is 2060. The molecule has 0 aliphatic rings. The van der Waals surface area contributed by atoms with Crippen molar-refractivity contribution in [1.29, 1.82) is 0 Å². The molecule has 4 rings (SSSR count). The molecule has 2 N–H and O–H groups in total. The van der Waals surface area contributed by atoms with Gasteiger partial charge < -0.3 is 22.9 Å². The van der Waals surface area contributed by atoms with Crippen molar-refractivity contribution in [2.24, 2.45) is 10.8 Å². The molecule has 2 atom stereocenters. The molecule has 306 valence electrons. The van der Waals surface area contributed by atoms with Crippen LogP contribution < -0.4 is 22.5 Å². The van der Waals surface area contributed by atoms with Crippen molar-refractivity contribution in [2.75, 3.05) is 13.2 Å². The molecule has 0 spiro atoms. The molecule has 16 heteroatoms. The van der Waals surface area contributed by atoms with Crippen LogP contribution in [0.4, 0.5) is 0 Å². The molecule has 0 fully saturated rings. The Morgan fingerprint density at radius 2 is 0.982 bits per heavy atom. The SMILES string of the molecule is Cc1c(-c2ccccc2[S+]([O-])c2ccccc2-c2c(C)c(=O)[nH]c(=O)n2COCC(O[SiH](C)C)C(C)(C)C)n(COCC(O[SiH](C)C)C(C)(C)C)c(=O)[nH]c1=O. The van der Waals surface area contributed by atoms with Gasteiger partial charge in [0.05, 0.1) is 47.9 Å². The number of benzene rings is 2. The summed E-state index contributed by atoms with van der Waals surface area (Å²) in [6.45, 7) is 23.9. The smallest absolute Gasteiger partial charge is 0.330 e. The van der Waals surface area contributed by atoms with Gasteiger partial charge in [0.15, 0.2) is 27.9 Å². The van der Waals surface area contributed by atoms with Crippen molar-refractivity contribution >= 4 is 29.3 Å². The molecule has 2 unspecified atom stereocenters. The van der Waals surface area contributed by atoms with E-state index in [0.29, 0.717) is 20.9 Å². The van der Waals surface area contributed by atoms with Gasteiger partial charge in [-0.1, -0.05) is 65.8 Å². The number of aromatic nitrogens is 4. The van der Waals surface area contributed by atoms with E-state index in [2.05, 4.69) is 77.7 Å². The Kier molecular flexibility index (Phi) is 15.1. The number of nitrogens with zero attached hydrogens (tertiary/aromatic N) is 2. The van der Waals surface area contributed by atoms with Crippen molar-refractivity contribution in [2.45, 2.75) is 117 Å². The third kappa shape index (κ3) is 10.9. The zero-order chi connectivity index (χ0) is 41.7. The summed E-state index contributed by atoms with van der Waals surface area (Å²) in [5.41, 5.74) is -1.22. The van der Waals surface area contributed by atoms with Gasteiger partial charge in [-0.25, -0.2) is 9.59 Å². The number of hydrogen-bond acceptors (Lipinski definition) is 9. The lowest BCUT2D eigenvalue weighted by Crippen LogP contribution is -2.39. The third-order valence-electron chi connectivity index (χ3n) is 9.33. The summed E-state index contributed by atoms with van der Waals surface area (Å²) in [6, 6.07) is 13.7. The number of hydrogen-bond donors (Lipinski definition) is 2. The minimum Gasteiger partial charge on any atom is -0.606 e. The highest BCUT2D eigenvalue weighted by Gasteiger charge is 2.31. The number of nitrogens with one attached hydrogen (secondary N) is 2. The highest BCUT2D eigenvalue weighted by atomic mass is 32.2. The average Bonchev–Trinajstić information content (AvgIpc) is 3.10. The molecule has 0 bridgehead atoms. The Morgan fingerprint density at radius 3 is 1.30 bits per heavy atom. The minimum atomic E-state index is -1.96. The molecular formula is C40H58N4O9SSi2. The second kappa shape index (κ2) is 18.8. The highest BCUT2D eigenvalue weighted by Crippen LogP contribution is 2.37. The summed E-state index contributed by atoms with van der Waals surface area (Å²) in [7, 11) is -2.83. The van der Waals surface area contributed by atoms with Gasteiger partial charge in [-0.15, -0.1) is 0 Å². The van der Waals surface area contributed by atoms with Crippen LogP contribution in [0.2, 0.25) is 26.2 Å².